The van der Waals surface area contributed by atoms with Crippen LogP contribution in [0.15, 0.2) is 59.5 Å². The van der Waals surface area contributed by atoms with Crippen molar-refractivity contribution in [2.24, 2.45) is 0 Å². The van der Waals surface area contributed by atoms with Crippen molar-refractivity contribution in [1.29, 1.82) is 0 Å². The number of aryl methyl sites for hydroxylation is 1. The van der Waals surface area contributed by atoms with Gasteiger partial charge in [0.15, 0.2) is 0 Å². The van der Waals surface area contributed by atoms with Gasteiger partial charge in [-0.05, 0) is 61.7 Å². The minimum Gasteiger partial charge on any atom is -0.355 e. The summed E-state index contributed by atoms with van der Waals surface area (Å²) in [4.78, 5) is 23.2. The fourth-order valence-corrected chi connectivity index (χ4v) is 4.23. The lowest BCUT2D eigenvalue weighted by atomic mass is 10.0. The molecule has 0 radical (unpaired) electrons. The van der Waals surface area contributed by atoms with Gasteiger partial charge in [-0.2, -0.15) is 0 Å². The Kier molecular flexibility index (Phi) is 4.71. The molecule has 6 heteroatoms. The maximum Gasteiger partial charge on any atom is 0.261 e. The summed E-state index contributed by atoms with van der Waals surface area (Å²) in [6, 6.07) is 12.4. The molecular formula is C24H23FN4O. The Bertz CT molecular complexity index is 1330. The first kappa shape index (κ1) is 18.8. The molecule has 5 rings (SSSR count). The van der Waals surface area contributed by atoms with E-state index in [1.54, 1.807) is 22.7 Å². The number of halogens is 1. The first-order valence-corrected chi connectivity index (χ1v) is 10.3. The summed E-state index contributed by atoms with van der Waals surface area (Å²) in [5.41, 5.74) is 5.57. The van der Waals surface area contributed by atoms with E-state index >= 15 is 0 Å². The molecule has 1 aliphatic rings. The van der Waals surface area contributed by atoms with Gasteiger partial charge in [-0.1, -0.05) is 12.1 Å². The third-order valence-electron chi connectivity index (χ3n) is 5.93. The highest BCUT2D eigenvalue weighted by atomic mass is 19.1. The van der Waals surface area contributed by atoms with E-state index in [-0.39, 0.29) is 11.4 Å². The Morgan fingerprint density at radius 1 is 1.20 bits per heavy atom. The largest absolute Gasteiger partial charge is 0.355 e. The highest BCUT2D eigenvalue weighted by molar-refractivity contribution is 5.85. The molecule has 0 atom stereocenters. The van der Waals surface area contributed by atoms with Crippen LogP contribution >= 0.6 is 0 Å². The zero-order valence-corrected chi connectivity index (χ0v) is 16.9. The predicted octanol–water partition coefficient (Wildman–Crippen LogP) is 3.96. The number of fused-ring (bicyclic) bond motifs is 2. The molecule has 4 heterocycles. The fraction of sp³-hybridized carbons (Fsp3) is 0.250. The first-order chi connectivity index (χ1) is 14.6. The van der Waals surface area contributed by atoms with Gasteiger partial charge in [0.2, 0.25) is 0 Å². The van der Waals surface area contributed by atoms with Gasteiger partial charge in [0, 0.05) is 53.7 Å². The van der Waals surface area contributed by atoms with Gasteiger partial charge in [-0.3, -0.25) is 14.1 Å². The van der Waals surface area contributed by atoms with Crippen LogP contribution in [-0.2, 0) is 6.42 Å². The van der Waals surface area contributed by atoms with Crippen LogP contribution in [0.25, 0.3) is 22.1 Å². The summed E-state index contributed by atoms with van der Waals surface area (Å²) in [7, 11) is 0. The van der Waals surface area contributed by atoms with Crippen molar-refractivity contribution in [3.63, 3.8) is 0 Å². The van der Waals surface area contributed by atoms with Crippen molar-refractivity contribution < 1.29 is 4.39 Å². The summed E-state index contributed by atoms with van der Waals surface area (Å²) in [6.45, 7) is 4.49. The highest BCUT2D eigenvalue weighted by Gasteiger charge is 2.16. The number of H-pyrrole nitrogens is 1. The molecule has 152 valence electrons. The van der Waals surface area contributed by atoms with Crippen LogP contribution in [-0.4, -0.2) is 38.9 Å². The van der Waals surface area contributed by atoms with Gasteiger partial charge < -0.3 is 4.98 Å². The van der Waals surface area contributed by atoms with E-state index in [9.17, 15) is 9.18 Å². The second-order valence-corrected chi connectivity index (χ2v) is 7.85. The molecule has 0 amide bonds. The molecule has 3 aromatic heterocycles. The maximum atomic E-state index is 13.4. The predicted molar refractivity (Wildman–Crippen MR) is 117 cm³/mol. The Hall–Kier alpha value is -3.25. The zero-order chi connectivity index (χ0) is 20.7. The summed E-state index contributed by atoms with van der Waals surface area (Å²) in [5.74, 6) is -0.216. The molecular weight excluding hydrogens is 379 g/mol. The van der Waals surface area contributed by atoms with Gasteiger partial charge in [0.1, 0.15) is 11.5 Å². The van der Waals surface area contributed by atoms with Crippen LogP contribution in [0, 0.1) is 12.7 Å². The average Bonchev–Trinajstić information content (AvgIpc) is 3.17. The Balaban J connectivity index is 1.30. The van der Waals surface area contributed by atoms with Gasteiger partial charge >= 0.3 is 0 Å². The SMILES string of the molecule is Cc1nc2ccccn2c(=O)c1CCN1CC=C(c2cc3cc(F)ccc3[nH]2)CC1. The number of hydrogen-bond donors (Lipinski definition) is 1. The standard InChI is InChI=1S/C24H23FN4O/c1-16-20(24(30)29-10-3-2-4-23(29)26-16)9-13-28-11-7-17(8-12-28)22-15-18-14-19(25)5-6-21(18)27-22/h2-7,10,14-15,27H,8-9,11-13H2,1H3. The number of benzene rings is 1. The normalized spacial score (nSPS) is 15.1. The molecule has 5 nitrogen and oxygen atoms in total. The van der Waals surface area contributed by atoms with Crippen molar-refractivity contribution in [1.82, 2.24) is 19.3 Å². The summed E-state index contributed by atoms with van der Waals surface area (Å²) < 4.78 is 15.1. The van der Waals surface area contributed by atoms with Crippen molar-refractivity contribution >= 4 is 22.1 Å². The van der Waals surface area contributed by atoms with Crippen LogP contribution in [0.2, 0.25) is 0 Å². The Morgan fingerprint density at radius 3 is 2.93 bits per heavy atom. The number of aromatic nitrogens is 3. The van der Waals surface area contributed by atoms with E-state index in [0.717, 1.165) is 53.9 Å². The number of hydrogen-bond acceptors (Lipinski definition) is 3. The monoisotopic (exact) mass is 402 g/mol. The van der Waals surface area contributed by atoms with Crippen LogP contribution in [0.5, 0.6) is 0 Å². The molecule has 0 spiro atoms. The van der Waals surface area contributed by atoms with E-state index in [1.165, 1.54) is 11.6 Å². The Labute approximate surface area is 173 Å². The van der Waals surface area contributed by atoms with Crippen LogP contribution in [0.4, 0.5) is 4.39 Å². The second kappa shape index (κ2) is 7.54. The van der Waals surface area contributed by atoms with E-state index < -0.39 is 0 Å². The van der Waals surface area contributed by atoms with E-state index in [0.29, 0.717) is 12.1 Å². The molecule has 1 aliphatic heterocycles. The average molecular weight is 402 g/mol. The summed E-state index contributed by atoms with van der Waals surface area (Å²) in [6.07, 6.45) is 5.60. The van der Waals surface area contributed by atoms with E-state index in [2.05, 4.69) is 20.9 Å². The molecule has 0 unspecified atom stereocenters. The number of pyridine rings is 1. The van der Waals surface area contributed by atoms with Crippen LogP contribution in [0.3, 0.4) is 0 Å². The number of nitrogens with one attached hydrogen (secondary N) is 1. The highest BCUT2D eigenvalue weighted by Crippen LogP contribution is 2.26. The van der Waals surface area contributed by atoms with Gasteiger partial charge in [-0.25, -0.2) is 9.37 Å². The van der Waals surface area contributed by atoms with Gasteiger partial charge in [-0.15, -0.1) is 0 Å². The van der Waals surface area contributed by atoms with Crippen LogP contribution in [0.1, 0.15) is 23.4 Å². The lowest BCUT2D eigenvalue weighted by Gasteiger charge is -2.26. The van der Waals surface area contributed by atoms with Crippen molar-refractivity contribution in [3.05, 3.63) is 87.9 Å². The lowest BCUT2D eigenvalue weighted by molar-refractivity contribution is 0.305. The fourth-order valence-electron chi connectivity index (χ4n) is 4.23. The minimum atomic E-state index is -0.216. The molecule has 1 N–H and O–H groups in total. The van der Waals surface area contributed by atoms with Crippen molar-refractivity contribution in [2.45, 2.75) is 19.8 Å². The van der Waals surface area contributed by atoms with Crippen molar-refractivity contribution in [3.8, 4) is 0 Å². The topological polar surface area (TPSA) is 53.4 Å². The zero-order valence-electron chi connectivity index (χ0n) is 16.9. The van der Waals surface area contributed by atoms with Crippen LogP contribution < -0.4 is 5.56 Å². The third kappa shape index (κ3) is 3.44. The third-order valence-corrected chi connectivity index (χ3v) is 5.93. The summed E-state index contributed by atoms with van der Waals surface area (Å²) >= 11 is 0. The second-order valence-electron chi connectivity index (χ2n) is 7.85. The van der Waals surface area contributed by atoms with E-state index in [4.69, 9.17) is 0 Å². The molecule has 4 aromatic rings. The smallest absolute Gasteiger partial charge is 0.261 e. The minimum absolute atomic E-state index is 0.0247. The molecule has 1 aromatic carbocycles. The molecule has 0 saturated carbocycles. The van der Waals surface area contributed by atoms with Gasteiger partial charge in [0.25, 0.3) is 5.56 Å². The molecule has 0 fully saturated rings. The quantitative estimate of drug-likeness (QED) is 0.562. The molecule has 30 heavy (non-hydrogen) atoms. The summed E-state index contributed by atoms with van der Waals surface area (Å²) in [5, 5.41) is 0.896. The van der Waals surface area contributed by atoms with Gasteiger partial charge in [0.05, 0.1) is 0 Å². The Morgan fingerprint density at radius 2 is 2.10 bits per heavy atom. The number of aromatic amines is 1. The molecule has 0 bridgehead atoms. The van der Waals surface area contributed by atoms with E-state index in [1.807, 2.05) is 31.2 Å². The molecule has 0 saturated heterocycles. The lowest BCUT2D eigenvalue weighted by Crippen LogP contribution is -2.32. The first-order valence-electron chi connectivity index (χ1n) is 10.3. The number of nitrogens with zero attached hydrogens (tertiary/aromatic N) is 3. The van der Waals surface area contributed by atoms with Crippen molar-refractivity contribution in [2.75, 3.05) is 19.6 Å². The molecule has 0 aliphatic carbocycles. The maximum absolute atomic E-state index is 13.4. The number of rotatable bonds is 4.